The van der Waals surface area contributed by atoms with Crippen molar-refractivity contribution in [2.75, 3.05) is 17.2 Å². The van der Waals surface area contributed by atoms with E-state index in [4.69, 9.17) is 0 Å². The average Bonchev–Trinajstić information content (AvgIpc) is 2.63. The Labute approximate surface area is 154 Å². The number of hydrogen-bond acceptors (Lipinski definition) is 6. The first kappa shape index (κ1) is 18.0. The molecule has 1 heterocycles. The lowest BCUT2D eigenvalue weighted by Crippen LogP contribution is -2.52. The molecule has 2 aromatic rings. The molecule has 1 aliphatic carbocycles. The number of aromatic nitrogens is 2. The number of aromatic hydroxyl groups is 1. The minimum atomic E-state index is 0.185. The number of rotatable bonds is 6. The van der Waals surface area contributed by atoms with E-state index in [1.807, 2.05) is 12.1 Å². The minimum Gasteiger partial charge on any atom is -0.508 e. The van der Waals surface area contributed by atoms with Crippen LogP contribution in [0.2, 0.25) is 0 Å². The van der Waals surface area contributed by atoms with Gasteiger partial charge in [-0.15, -0.1) is 0 Å². The van der Waals surface area contributed by atoms with Crippen molar-refractivity contribution < 1.29 is 5.11 Å². The van der Waals surface area contributed by atoms with E-state index < -0.39 is 0 Å². The molecule has 6 nitrogen and oxygen atoms in total. The molecule has 0 aliphatic heterocycles. The van der Waals surface area contributed by atoms with E-state index in [-0.39, 0.29) is 11.2 Å². The number of benzene rings is 1. The van der Waals surface area contributed by atoms with Gasteiger partial charge in [-0.05, 0) is 41.9 Å². The standard InChI is InChI=1S/C20H25N5O/c1-13-10-17(20(13,2)3)24-18-15(11-21)12-23-19(25-18)22-9-8-14-4-6-16(26)7-5-14/h4-7,12-13,17,26H,8-10H2,1-3H3,(H2,22,23,24,25)/t13-,17+/m0/s1. The van der Waals surface area contributed by atoms with Crippen LogP contribution in [0, 0.1) is 22.7 Å². The molecule has 0 unspecified atom stereocenters. The van der Waals surface area contributed by atoms with Gasteiger partial charge in [0.1, 0.15) is 23.2 Å². The fourth-order valence-electron chi connectivity index (χ4n) is 3.19. The molecule has 1 aliphatic rings. The Morgan fingerprint density at radius 3 is 2.65 bits per heavy atom. The van der Waals surface area contributed by atoms with Crippen LogP contribution in [0.1, 0.15) is 38.3 Å². The lowest BCUT2D eigenvalue weighted by Gasteiger charge is -2.51. The Kier molecular flexibility index (Phi) is 4.99. The number of phenols is 1. The summed E-state index contributed by atoms with van der Waals surface area (Å²) in [7, 11) is 0. The first-order valence-electron chi connectivity index (χ1n) is 8.95. The third kappa shape index (κ3) is 3.72. The minimum absolute atomic E-state index is 0.185. The van der Waals surface area contributed by atoms with Crippen molar-refractivity contribution in [1.82, 2.24) is 9.97 Å². The molecule has 0 amide bonds. The molecular weight excluding hydrogens is 326 g/mol. The summed E-state index contributed by atoms with van der Waals surface area (Å²) in [4.78, 5) is 8.74. The number of anilines is 2. The van der Waals surface area contributed by atoms with Crippen LogP contribution < -0.4 is 10.6 Å². The summed E-state index contributed by atoms with van der Waals surface area (Å²) in [5, 5.41) is 25.3. The topological polar surface area (TPSA) is 93.9 Å². The second-order valence-corrected chi connectivity index (χ2v) is 7.57. The van der Waals surface area contributed by atoms with Gasteiger partial charge >= 0.3 is 0 Å². The van der Waals surface area contributed by atoms with Crippen LogP contribution in [0.25, 0.3) is 0 Å². The summed E-state index contributed by atoms with van der Waals surface area (Å²) in [6, 6.07) is 9.61. The zero-order valence-corrected chi connectivity index (χ0v) is 15.5. The van der Waals surface area contributed by atoms with E-state index >= 15 is 0 Å². The third-order valence-electron chi connectivity index (χ3n) is 5.61. The predicted molar refractivity (Wildman–Crippen MR) is 102 cm³/mol. The first-order chi connectivity index (χ1) is 12.4. The second kappa shape index (κ2) is 7.20. The molecule has 26 heavy (non-hydrogen) atoms. The van der Waals surface area contributed by atoms with Gasteiger partial charge in [0.2, 0.25) is 5.95 Å². The summed E-state index contributed by atoms with van der Waals surface area (Å²) in [6.07, 6.45) is 3.43. The van der Waals surface area contributed by atoms with Gasteiger partial charge in [-0.2, -0.15) is 10.2 Å². The molecule has 3 rings (SSSR count). The Bertz CT molecular complexity index is 810. The third-order valence-corrected chi connectivity index (χ3v) is 5.61. The summed E-state index contributed by atoms with van der Waals surface area (Å²) in [5.41, 5.74) is 1.77. The Hall–Kier alpha value is -2.81. The van der Waals surface area contributed by atoms with Gasteiger partial charge in [-0.25, -0.2) is 4.98 Å². The molecule has 3 N–H and O–H groups in total. The van der Waals surface area contributed by atoms with Gasteiger partial charge in [0.25, 0.3) is 0 Å². The van der Waals surface area contributed by atoms with Gasteiger partial charge in [0.15, 0.2) is 0 Å². The highest BCUT2D eigenvalue weighted by Crippen LogP contribution is 2.47. The summed E-state index contributed by atoms with van der Waals surface area (Å²) in [6.45, 7) is 7.40. The summed E-state index contributed by atoms with van der Waals surface area (Å²) in [5.74, 6) is 2.02. The maximum Gasteiger partial charge on any atom is 0.224 e. The van der Waals surface area contributed by atoms with Crippen LogP contribution in [0.5, 0.6) is 5.75 Å². The highest BCUT2D eigenvalue weighted by atomic mass is 16.3. The van der Waals surface area contributed by atoms with Crippen LogP contribution in [0.4, 0.5) is 11.8 Å². The van der Waals surface area contributed by atoms with Gasteiger partial charge in [0.05, 0.1) is 6.20 Å². The fourth-order valence-corrected chi connectivity index (χ4v) is 3.19. The monoisotopic (exact) mass is 351 g/mol. The Morgan fingerprint density at radius 2 is 2.04 bits per heavy atom. The molecule has 0 radical (unpaired) electrons. The van der Waals surface area contributed by atoms with E-state index in [9.17, 15) is 10.4 Å². The second-order valence-electron chi connectivity index (χ2n) is 7.57. The van der Waals surface area contributed by atoms with Crippen LogP contribution in [-0.4, -0.2) is 27.7 Å². The van der Waals surface area contributed by atoms with Gasteiger partial charge in [-0.3, -0.25) is 0 Å². The van der Waals surface area contributed by atoms with Gasteiger partial charge < -0.3 is 15.7 Å². The van der Waals surface area contributed by atoms with Crippen molar-refractivity contribution in [3.8, 4) is 11.8 Å². The normalized spacial score (nSPS) is 20.7. The van der Waals surface area contributed by atoms with Crippen LogP contribution in [0.3, 0.4) is 0 Å². The molecule has 1 aromatic carbocycles. The SMILES string of the molecule is C[C@H]1C[C@@H](Nc2nc(NCCc3ccc(O)cc3)ncc2C#N)C1(C)C. The molecular formula is C20H25N5O. The zero-order chi connectivity index (χ0) is 18.7. The molecule has 0 bridgehead atoms. The number of nitrogens with one attached hydrogen (secondary N) is 2. The number of phenolic OH excluding ortho intramolecular Hbond substituents is 1. The van der Waals surface area contributed by atoms with E-state index in [0.717, 1.165) is 18.4 Å². The molecule has 6 heteroatoms. The molecule has 1 fully saturated rings. The predicted octanol–water partition coefficient (Wildman–Crippen LogP) is 3.55. The van der Waals surface area contributed by atoms with E-state index in [1.54, 1.807) is 18.3 Å². The lowest BCUT2D eigenvalue weighted by atomic mass is 9.59. The van der Waals surface area contributed by atoms with Gasteiger partial charge in [-0.1, -0.05) is 32.9 Å². The quantitative estimate of drug-likeness (QED) is 0.737. The maximum absolute atomic E-state index is 9.33. The van der Waals surface area contributed by atoms with Gasteiger partial charge in [0, 0.05) is 12.6 Å². The van der Waals surface area contributed by atoms with Crippen LogP contribution >= 0.6 is 0 Å². The number of nitrogens with zero attached hydrogens (tertiary/aromatic N) is 3. The van der Waals surface area contributed by atoms with E-state index in [2.05, 4.69) is 47.4 Å². The Balaban J connectivity index is 1.63. The molecule has 136 valence electrons. The number of nitriles is 1. The largest absolute Gasteiger partial charge is 0.508 e. The van der Waals surface area contributed by atoms with Crippen molar-refractivity contribution in [3.63, 3.8) is 0 Å². The van der Waals surface area contributed by atoms with Crippen molar-refractivity contribution in [2.45, 2.75) is 39.7 Å². The lowest BCUT2D eigenvalue weighted by molar-refractivity contribution is 0.0654. The molecule has 1 aromatic heterocycles. The smallest absolute Gasteiger partial charge is 0.224 e. The van der Waals surface area contributed by atoms with Crippen molar-refractivity contribution in [2.24, 2.45) is 11.3 Å². The van der Waals surface area contributed by atoms with Crippen molar-refractivity contribution >= 4 is 11.8 Å². The number of hydrogen-bond donors (Lipinski definition) is 3. The fraction of sp³-hybridized carbons (Fsp3) is 0.450. The first-order valence-corrected chi connectivity index (χ1v) is 8.95. The van der Waals surface area contributed by atoms with Crippen molar-refractivity contribution in [1.29, 1.82) is 5.26 Å². The van der Waals surface area contributed by atoms with Crippen LogP contribution in [0.15, 0.2) is 30.5 Å². The molecule has 2 atom stereocenters. The molecule has 1 saturated carbocycles. The van der Waals surface area contributed by atoms with E-state index in [1.165, 1.54) is 0 Å². The molecule has 0 spiro atoms. The summed E-state index contributed by atoms with van der Waals surface area (Å²) >= 11 is 0. The Morgan fingerprint density at radius 1 is 1.31 bits per heavy atom. The van der Waals surface area contributed by atoms with E-state index in [0.29, 0.717) is 35.8 Å². The average molecular weight is 351 g/mol. The highest BCUT2D eigenvalue weighted by Gasteiger charge is 2.45. The van der Waals surface area contributed by atoms with Crippen LogP contribution in [-0.2, 0) is 6.42 Å². The zero-order valence-electron chi connectivity index (χ0n) is 15.5. The maximum atomic E-state index is 9.33. The highest BCUT2D eigenvalue weighted by molar-refractivity contribution is 5.54. The molecule has 0 saturated heterocycles. The summed E-state index contributed by atoms with van der Waals surface area (Å²) < 4.78 is 0. The van der Waals surface area contributed by atoms with Crippen molar-refractivity contribution in [3.05, 3.63) is 41.6 Å².